The molecule has 1 heterocycles. The van der Waals surface area contributed by atoms with E-state index in [0.29, 0.717) is 19.4 Å². The van der Waals surface area contributed by atoms with Crippen molar-refractivity contribution in [3.63, 3.8) is 0 Å². The molecule has 0 unspecified atom stereocenters. The van der Waals surface area contributed by atoms with Crippen LogP contribution in [0.5, 0.6) is 0 Å². The van der Waals surface area contributed by atoms with Crippen molar-refractivity contribution in [3.05, 3.63) is 35.9 Å². The van der Waals surface area contributed by atoms with Gasteiger partial charge < -0.3 is 16.2 Å². The van der Waals surface area contributed by atoms with Crippen LogP contribution < -0.4 is 16.4 Å². The third-order valence-electron chi connectivity index (χ3n) is 4.50. The summed E-state index contributed by atoms with van der Waals surface area (Å²) < 4.78 is 0. The molecule has 1 amide bonds. The van der Waals surface area contributed by atoms with Crippen LogP contribution in [0.25, 0.3) is 0 Å². The lowest BCUT2D eigenvalue weighted by Gasteiger charge is -2.18. The summed E-state index contributed by atoms with van der Waals surface area (Å²) in [5, 5.41) is 14.3. The molecule has 1 aliphatic heterocycles. The molecule has 0 spiro atoms. The molecule has 1 fully saturated rings. The Hall–Kier alpha value is -2.25. The number of carbonyl (C=O) groups is 3. The van der Waals surface area contributed by atoms with Gasteiger partial charge in [-0.2, -0.15) is 0 Å². The average Bonchev–Trinajstić information content (AvgIpc) is 3.43. The van der Waals surface area contributed by atoms with Gasteiger partial charge in [0.05, 0.1) is 6.04 Å². The maximum Gasteiger partial charge on any atom is 0.322 e. The number of carboxylic acids is 1. The van der Waals surface area contributed by atoms with Crippen LogP contribution in [0.1, 0.15) is 37.7 Å². The Labute approximate surface area is 153 Å². The first kappa shape index (κ1) is 20.1. The van der Waals surface area contributed by atoms with E-state index in [-0.39, 0.29) is 5.78 Å². The Morgan fingerprint density at radius 2 is 1.77 bits per heavy atom. The number of carboxylic acid groups (broad SMARTS) is 1. The highest BCUT2D eigenvalue weighted by Crippen LogP contribution is 2.14. The zero-order chi connectivity index (χ0) is 18.9. The maximum absolute atomic E-state index is 12.6. The predicted molar refractivity (Wildman–Crippen MR) is 97.6 cm³/mol. The molecule has 0 radical (unpaired) electrons. The number of nitrogens with one attached hydrogen (secondary N) is 2. The van der Waals surface area contributed by atoms with Gasteiger partial charge in [0.15, 0.2) is 5.78 Å². The molecule has 0 saturated carbocycles. The number of hydrogen-bond acceptors (Lipinski definition) is 5. The van der Waals surface area contributed by atoms with Crippen LogP contribution in [-0.4, -0.2) is 47.4 Å². The van der Waals surface area contributed by atoms with Gasteiger partial charge in [-0.15, -0.1) is 0 Å². The fraction of sp³-hybridized carbons (Fsp3) is 0.526. The van der Waals surface area contributed by atoms with Gasteiger partial charge in [0.1, 0.15) is 12.1 Å². The van der Waals surface area contributed by atoms with Crippen molar-refractivity contribution in [3.8, 4) is 0 Å². The molecule has 1 aromatic carbocycles. The number of rotatable bonds is 12. The highest BCUT2D eigenvalue weighted by Gasteiger charge is 2.48. The largest absolute Gasteiger partial charge is 0.480 e. The molecule has 1 saturated heterocycles. The van der Waals surface area contributed by atoms with Gasteiger partial charge >= 0.3 is 5.97 Å². The second-order valence-electron chi connectivity index (χ2n) is 6.63. The zero-order valence-corrected chi connectivity index (χ0v) is 14.8. The number of ketones is 1. The Kier molecular flexibility index (Phi) is 7.74. The Bertz CT molecular complexity index is 620. The molecule has 1 aliphatic rings. The number of Topliss-reactive ketones (excluding diaryl/α,β-unsaturated/α-hetero) is 1. The van der Waals surface area contributed by atoms with E-state index in [2.05, 4.69) is 10.6 Å². The Morgan fingerprint density at radius 3 is 2.38 bits per heavy atom. The summed E-state index contributed by atoms with van der Waals surface area (Å²) >= 11 is 0. The van der Waals surface area contributed by atoms with E-state index in [1.165, 1.54) is 0 Å². The highest BCUT2D eigenvalue weighted by molar-refractivity contribution is 5.97. The average molecular weight is 361 g/mol. The lowest BCUT2D eigenvalue weighted by atomic mass is 9.98. The fourth-order valence-corrected chi connectivity index (χ4v) is 2.91. The van der Waals surface area contributed by atoms with Gasteiger partial charge in [-0.1, -0.05) is 43.2 Å². The molecule has 0 bridgehead atoms. The SMILES string of the molecule is NCCCCCCC(=O)[C@H](Cc1ccccc1)NC(=O)[C@H]1N[C@@H]1C(=O)O. The van der Waals surface area contributed by atoms with E-state index in [4.69, 9.17) is 10.8 Å². The summed E-state index contributed by atoms with van der Waals surface area (Å²) in [7, 11) is 0. The first-order valence-electron chi connectivity index (χ1n) is 9.09. The number of carbonyl (C=O) groups excluding carboxylic acids is 2. The summed E-state index contributed by atoms with van der Waals surface area (Å²) in [6, 6.07) is 7.20. The van der Waals surface area contributed by atoms with E-state index in [1.54, 1.807) is 0 Å². The predicted octanol–water partition coefficient (Wildman–Crippen LogP) is 0.617. The minimum Gasteiger partial charge on any atom is -0.480 e. The summed E-state index contributed by atoms with van der Waals surface area (Å²) in [6.45, 7) is 0.653. The summed E-state index contributed by atoms with van der Waals surface area (Å²) in [4.78, 5) is 35.7. The van der Waals surface area contributed by atoms with Gasteiger partial charge in [-0.05, 0) is 31.4 Å². The maximum atomic E-state index is 12.6. The second-order valence-corrected chi connectivity index (χ2v) is 6.63. The first-order chi connectivity index (χ1) is 12.5. The van der Waals surface area contributed by atoms with Gasteiger partial charge in [0.2, 0.25) is 5.91 Å². The van der Waals surface area contributed by atoms with E-state index >= 15 is 0 Å². The van der Waals surface area contributed by atoms with Crippen molar-refractivity contribution in [2.24, 2.45) is 5.73 Å². The summed E-state index contributed by atoms with van der Waals surface area (Å²) in [5.41, 5.74) is 6.42. The van der Waals surface area contributed by atoms with Crippen LogP contribution in [0, 0.1) is 0 Å². The smallest absolute Gasteiger partial charge is 0.322 e. The standard InChI is InChI=1S/C19H27N3O4/c20-11-7-2-1-6-10-15(23)14(12-13-8-4-3-5-9-13)21-18(24)16-17(22-16)19(25)26/h3-5,8-9,14,16-17,22H,1-2,6-7,10-12,20H2,(H,21,24)(H,25,26)/t14-,16-,17-/m0/s1. The van der Waals surface area contributed by atoms with E-state index in [0.717, 1.165) is 31.2 Å². The van der Waals surface area contributed by atoms with E-state index in [9.17, 15) is 14.4 Å². The molecule has 0 aromatic heterocycles. The van der Waals surface area contributed by atoms with E-state index in [1.807, 2.05) is 30.3 Å². The van der Waals surface area contributed by atoms with Crippen molar-refractivity contribution in [1.29, 1.82) is 0 Å². The molecule has 7 nitrogen and oxygen atoms in total. The molecule has 1 aromatic rings. The third kappa shape index (κ3) is 6.24. The first-order valence-corrected chi connectivity index (χ1v) is 9.09. The number of unbranched alkanes of at least 4 members (excludes halogenated alkanes) is 3. The number of benzene rings is 1. The fourth-order valence-electron chi connectivity index (χ4n) is 2.91. The van der Waals surface area contributed by atoms with Gasteiger partial charge in [0.25, 0.3) is 0 Å². The molecular formula is C19H27N3O4. The third-order valence-corrected chi connectivity index (χ3v) is 4.50. The molecule has 0 aliphatic carbocycles. The van der Waals surface area contributed by atoms with E-state index < -0.39 is 30.0 Å². The highest BCUT2D eigenvalue weighted by atomic mass is 16.4. The molecule has 26 heavy (non-hydrogen) atoms. The molecule has 2 rings (SSSR count). The quantitative estimate of drug-likeness (QED) is 0.319. The van der Waals surface area contributed by atoms with Gasteiger partial charge in [-0.3, -0.25) is 19.7 Å². The van der Waals surface area contributed by atoms with Crippen LogP contribution >= 0.6 is 0 Å². The Morgan fingerprint density at radius 1 is 1.08 bits per heavy atom. The summed E-state index contributed by atoms with van der Waals surface area (Å²) in [5.74, 6) is -1.52. The minimum atomic E-state index is -1.06. The van der Waals surface area contributed by atoms with Crippen molar-refractivity contribution >= 4 is 17.7 Å². The molecule has 7 heteroatoms. The lowest BCUT2D eigenvalue weighted by Crippen LogP contribution is -2.45. The van der Waals surface area contributed by atoms with Crippen LogP contribution in [0.3, 0.4) is 0 Å². The minimum absolute atomic E-state index is 0.0255. The normalized spacial score (nSPS) is 19.6. The van der Waals surface area contributed by atoms with Crippen LogP contribution in [0.2, 0.25) is 0 Å². The molecular weight excluding hydrogens is 334 g/mol. The number of amides is 1. The molecule has 5 N–H and O–H groups in total. The number of aliphatic carboxylic acids is 1. The van der Waals surface area contributed by atoms with Crippen molar-refractivity contribution in [2.75, 3.05) is 6.54 Å². The van der Waals surface area contributed by atoms with Crippen molar-refractivity contribution in [1.82, 2.24) is 10.6 Å². The summed E-state index contributed by atoms with van der Waals surface area (Å²) in [6.07, 6.45) is 4.43. The molecule has 3 atom stereocenters. The lowest BCUT2D eigenvalue weighted by molar-refractivity contribution is -0.137. The monoisotopic (exact) mass is 361 g/mol. The number of hydrogen-bond donors (Lipinski definition) is 4. The van der Waals surface area contributed by atoms with Crippen molar-refractivity contribution in [2.45, 2.75) is 56.7 Å². The second kappa shape index (κ2) is 10.0. The zero-order valence-electron chi connectivity index (χ0n) is 14.8. The number of nitrogens with two attached hydrogens (primary N) is 1. The van der Waals surface area contributed by atoms with Crippen molar-refractivity contribution < 1.29 is 19.5 Å². The molecule has 142 valence electrons. The van der Waals surface area contributed by atoms with Crippen LogP contribution in [0.4, 0.5) is 0 Å². The van der Waals surface area contributed by atoms with Crippen LogP contribution in [0.15, 0.2) is 30.3 Å². The van der Waals surface area contributed by atoms with Crippen LogP contribution in [-0.2, 0) is 20.8 Å². The topological polar surface area (TPSA) is 131 Å². The Balaban J connectivity index is 1.91. The van der Waals surface area contributed by atoms with Gasteiger partial charge in [-0.25, -0.2) is 0 Å². The van der Waals surface area contributed by atoms with Gasteiger partial charge in [0, 0.05) is 6.42 Å².